The third kappa shape index (κ3) is 2.77. The highest BCUT2D eigenvalue weighted by molar-refractivity contribution is 5.81. The molecule has 0 bridgehead atoms. The smallest absolute Gasteiger partial charge is 0.303 e. The number of benzene rings is 1. The summed E-state index contributed by atoms with van der Waals surface area (Å²) in [7, 11) is 0. The third-order valence-electron chi connectivity index (χ3n) is 2.90. The standard InChI is InChI=1S/C14H15NO3/c1-9(7-13(16)17)6-11-8-10-4-2-3-5-12(10)14(18)15-11/h2-5,8-9H,6-7H2,1H3,(H,15,18)(H,16,17). The minimum Gasteiger partial charge on any atom is -0.481 e. The number of carbonyl (C=O) groups is 1. The molecule has 4 nitrogen and oxygen atoms in total. The van der Waals surface area contributed by atoms with Crippen LogP contribution in [0.3, 0.4) is 0 Å². The van der Waals surface area contributed by atoms with Gasteiger partial charge in [0, 0.05) is 17.5 Å². The van der Waals surface area contributed by atoms with E-state index >= 15 is 0 Å². The second-order valence-electron chi connectivity index (χ2n) is 4.62. The van der Waals surface area contributed by atoms with Crippen molar-refractivity contribution < 1.29 is 9.90 Å². The van der Waals surface area contributed by atoms with Gasteiger partial charge in [0.05, 0.1) is 0 Å². The summed E-state index contributed by atoms with van der Waals surface area (Å²) in [5, 5.41) is 10.3. The SMILES string of the molecule is CC(CC(=O)O)Cc1cc2ccccc2c(=O)[nH]1. The van der Waals surface area contributed by atoms with Crippen LogP contribution in [0.5, 0.6) is 0 Å². The van der Waals surface area contributed by atoms with E-state index in [0.717, 1.165) is 11.1 Å². The van der Waals surface area contributed by atoms with Crippen molar-refractivity contribution in [2.75, 3.05) is 0 Å². The van der Waals surface area contributed by atoms with Crippen LogP contribution in [-0.2, 0) is 11.2 Å². The Balaban J connectivity index is 2.30. The molecule has 94 valence electrons. The van der Waals surface area contributed by atoms with E-state index in [2.05, 4.69) is 4.98 Å². The number of aliphatic carboxylic acids is 1. The van der Waals surface area contributed by atoms with Crippen molar-refractivity contribution in [2.24, 2.45) is 5.92 Å². The fourth-order valence-corrected chi connectivity index (χ4v) is 2.12. The molecule has 1 aromatic carbocycles. The molecule has 0 aliphatic carbocycles. The minimum atomic E-state index is -0.814. The van der Waals surface area contributed by atoms with E-state index in [1.165, 1.54) is 0 Å². The number of aromatic amines is 1. The zero-order valence-electron chi connectivity index (χ0n) is 10.1. The highest BCUT2D eigenvalue weighted by atomic mass is 16.4. The van der Waals surface area contributed by atoms with Gasteiger partial charge in [-0.15, -0.1) is 0 Å². The molecule has 0 amide bonds. The average molecular weight is 245 g/mol. The first-order valence-electron chi connectivity index (χ1n) is 5.89. The van der Waals surface area contributed by atoms with Gasteiger partial charge in [-0.2, -0.15) is 0 Å². The van der Waals surface area contributed by atoms with E-state index in [9.17, 15) is 9.59 Å². The molecule has 0 aliphatic heterocycles. The van der Waals surface area contributed by atoms with Gasteiger partial charge in [0.25, 0.3) is 5.56 Å². The van der Waals surface area contributed by atoms with Crippen LogP contribution in [-0.4, -0.2) is 16.1 Å². The lowest BCUT2D eigenvalue weighted by molar-refractivity contribution is -0.137. The molecule has 0 fully saturated rings. The van der Waals surface area contributed by atoms with Crippen molar-refractivity contribution in [2.45, 2.75) is 19.8 Å². The number of hydrogen-bond acceptors (Lipinski definition) is 2. The monoisotopic (exact) mass is 245 g/mol. The molecule has 0 saturated heterocycles. The van der Waals surface area contributed by atoms with Crippen LogP contribution in [0.2, 0.25) is 0 Å². The predicted octanol–water partition coefficient (Wildman–Crippen LogP) is 2.18. The molecule has 1 aromatic heterocycles. The first-order chi connectivity index (χ1) is 8.56. The summed E-state index contributed by atoms with van der Waals surface area (Å²) in [6, 6.07) is 9.28. The maximum Gasteiger partial charge on any atom is 0.303 e. The lowest BCUT2D eigenvalue weighted by Gasteiger charge is -2.09. The zero-order chi connectivity index (χ0) is 13.1. The van der Waals surface area contributed by atoms with Crippen LogP contribution in [0.4, 0.5) is 0 Å². The summed E-state index contributed by atoms with van der Waals surface area (Å²) >= 11 is 0. The van der Waals surface area contributed by atoms with E-state index in [4.69, 9.17) is 5.11 Å². The van der Waals surface area contributed by atoms with Crippen molar-refractivity contribution in [3.63, 3.8) is 0 Å². The number of nitrogens with one attached hydrogen (secondary N) is 1. The Hall–Kier alpha value is -2.10. The van der Waals surface area contributed by atoms with E-state index in [1.807, 2.05) is 31.2 Å². The van der Waals surface area contributed by atoms with Crippen molar-refractivity contribution in [1.82, 2.24) is 4.98 Å². The van der Waals surface area contributed by atoms with Crippen LogP contribution < -0.4 is 5.56 Å². The Kier molecular flexibility index (Phi) is 3.46. The highest BCUT2D eigenvalue weighted by Gasteiger charge is 2.10. The molecular weight excluding hydrogens is 230 g/mol. The summed E-state index contributed by atoms with van der Waals surface area (Å²) in [6.45, 7) is 1.86. The van der Waals surface area contributed by atoms with Crippen molar-refractivity contribution in [3.8, 4) is 0 Å². The number of rotatable bonds is 4. The largest absolute Gasteiger partial charge is 0.481 e. The molecule has 1 heterocycles. The predicted molar refractivity (Wildman–Crippen MR) is 69.7 cm³/mol. The molecule has 1 unspecified atom stereocenters. The highest BCUT2D eigenvalue weighted by Crippen LogP contribution is 2.14. The van der Waals surface area contributed by atoms with E-state index in [1.54, 1.807) is 6.07 Å². The lowest BCUT2D eigenvalue weighted by atomic mass is 10.0. The first kappa shape index (κ1) is 12.4. The van der Waals surface area contributed by atoms with Gasteiger partial charge in [0.15, 0.2) is 0 Å². The lowest BCUT2D eigenvalue weighted by Crippen LogP contribution is -2.13. The van der Waals surface area contributed by atoms with E-state index < -0.39 is 5.97 Å². The summed E-state index contributed by atoms with van der Waals surface area (Å²) in [4.78, 5) is 25.2. The Bertz CT molecular complexity index is 630. The van der Waals surface area contributed by atoms with Gasteiger partial charge in [0.1, 0.15) is 0 Å². The fourth-order valence-electron chi connectivity index (χ4n) is 2.12. The average Bonchev–Trinajstić information content (AvgIpc) is 2.27. The third-order valence-corrected chi connectivity index (χ3v) is 2.90. The maximum absolute atomic E-state index is 11.8. The first-order valence-corrected chi connectivity index (χ1v) is 5.89. The normalized spacial score (nSPS) is 12.5. The second kappa shape index (κ2) is 5.04. The van der Waals surface area contributed by atoms with E-state index in [-0.39, 0.29) is 17.9 Å². The van der Waals surface area contributed by atoms with Gasteiger partial charge >= 0.3 is 5.97 Å². The van der Waals surface area contributed by atoms with Crippen LogP contribution in [0.15, 0.2) is 35.1 Å². The summed E-state index contributed by atoms with van der Waals surface area (Å²) in [5.41, 5.74) is 0.665. The molecule has 0 aliphatic rings. The summed E-state index contributed by atoms with van der Waals surface area (Å²) in [6.07, 6.45) is 0.668. The molecule has 1 atom stereocenters. The molecule has 0 spiro atoms. The Morgan fingerprint density at radius 2 is 2.11 bits per heavy atom. The second-order valence-corrected chi connectivity index (χ2v) is 4.62. The van der Waals surface area contributed by atoms with Gasteiger partial charge in [-0.25, -0.2) is 0 Å². The molecule has 0 radical (unpaired) electrons. The number of carboxylic acid groups (broad SMARTS) is 1. The minimum absolute atomic E-state index is 0.000637. The molecule has 2 N–H and O–H groups in total. The molecule has 4 heteroatoms. The van der Waals surface area contributed by atoms with Crippen LogP contribution >= 0.6 is 0 Å². The van der Waals surface area contributed by atoms with Gasteiger partial charge < -0.3 is 10.1 Å². The van der Waals surface area contributed by atoms with Crippen molar-refractivity contribution in [3.05, 3.63) is 46.4 Å². The van der Waals surface area contributed by atoms with Gasteiger partial charge in [0.2, 0.25) is 0 Å². The summed E-state index contributed by atoms with van der Waals surface area (Å²) < 4.78 is 0. The quantitative estimate of drug-likeness (QED) is 0.867. The van der Waals surface area contributed by atoms with Crippen LogP contribution in [0.1, 0.15) is 19.0 Å². The number of carboxylic acids is 1. The van der Waals surface area contributed by atoms with Crippen molar-refractivity contribution >= 4 is 16.7 Å². The van der Waals surface area contributed by atoms with Crippen LogP contribution in [0, 0.1) is 5.92 Å². The van der Waals surface area contributed by atoms with Gasteiger partial charge in [-0.3, -0.25) is 9.59 Å². The van der Waals surface area contributed by atoms with E-state index in [0.29, 0.717) is 11.8 Å². The molecular formula is C14H15NO3. The van der Waals surface area contributed by atoms with Crippen LogP contribution in [0.25, 0.3) is 10.8 Å². The molecule has 2 rings (SSSR count). The van der Waals surface area contributed by atoms with Crippen molar-refractivity contribution in [1.29, 1.82) is 0 Å². The van der Waals surface area contributed by atoms with Gasteiger partial charge in [-0.05, 0) is 29.9 Å². The number of hydrogen-bond donors (Lipinski definition) is 2. The molecule has 2 aromatic rings. The number of H-pyrrole nitrogens is 1. The Morgan fingerprint density at radius 1 is 1.39 bits per heavy atom. The Labute approximate surface area is 104 Å². The van der Waals surface area contributed by atoms with Gasteiger partial charge in [-0.1, -0.05) is 25.1 Å². The zero-order valence-corrected chi connectivity index (χ0v) is 10.1. The number of pyridine rings is 1. The number of fused-ring (bicyclic) bond motifs is 1. The Morgan fingerprint density at radius 3 is 2.83 bits per heavy atom. The molecule has 0 saturated carbocycles. The fraction of sp³-hybridized carbons (Fsp3) is 0.286. The molecule has 18 heavy (non-hydrogen) atoms. The summed E-state index contributed by atoms with van der Waals surface area (Å²) in [5.74, 6) is -0.815. The number of aromatic nitrogens is 1. The maximum atomic E-state index is 11.8. The topological polar surface area (TPSA) is 70.2 Å².